The molecule has 6 amide bonds. The standard InChI is InChI=1S/C61H108N6O31P2/c1-34(2)30-88-31-39-22-42(25-66(39)48(76)16-10-7-13-19-90-60-51(63-36(4)72)57(82)54(79)45(28-69)95-60)97-100(86,87)93-33-40-23-43(26-67(40)49(77)17-11-8-14-20-91-61-52(64-37(5)73)58(83)55(80)46(29-70)96-61)98-99(84,85)92-32-38-21-41(74)24-65(38)47(75)15-9-6-12-18-89-59-50(62-35(3)71)56(81)53(78)44(27-68)94-59/h34,38-46,50-61,68-70,74,78-83H,6-33H2,1-5H3,(H,62,71)(H,63,72)(H,64,73)(H,84,85)(H,86,87)/t38-,39-,40-,41+,42+,43+,44?,45?,46?,50?,51?,52?,53-,54-,55-,56+,57+,58+,59+,60+,61+/m0/s1. The second kappa shape index (κ2) is 41.3. The van der Waals surface area contributed by atoms with Crippen molar-refractivity contribution in [3.63, 3.8) is 0 Å². The van der Waals surface area contributed by atoms with Gasteiger partial charge in [0.2, 0.25) is 35.4 Å². The highest BCUT2D eigenvalue weighted by atomic mass is 31.2. The van der Waals surface area contributed by atoms with Crippen LogP contribution in [-0.2, 0) is 89.2 Å². The summed E-state index contributed by atoms with van der Waals surface area (Å²) in [5.74, 6) is -2.62. The van der Waals surface area contributed by atoms with Gasteiger partial charge in [0.05, 0.1) is 76.1 Å². The van der Waals surface area contributed by atoms with E-state index in [9.17, 15) is 98.7 Å². The van der Waals surface area contributed by atoms with Crippen LogP contribution in [0.1, 0.15) is 131 Å². The van der Waals surface area contributed by atoms with Gasteiger partial charge in [-0.2, -0.15) is 0 Å². The Morgan fingerprint density at radius 1 is 0.460 bits per heavy atom. The Morgan fingerprint density at radius 2 is 0.780 bits per heavy atom. The molecule has 6 aliphatic rings. The summed E-state index contributed by atoms with van der Waals surface area (Å²) < 4.78 is 90.0. The number of phosphoric ester groups is 2. The highest BCUT2D eigenvalue weighted by Gasteiger charge is 2.50. The van der Waals surface area contributed by atoms with Crippen molar-refractivity contribution in [3.05, 3.63) is 0 Å². The predicted octanol–water partition coefficient (Wildman–Crippen LogP) is -3.61. The van der Waals surface area contributed by atoms with E-state index in [1.807, 2.05) is 13.8 Å². The van der Waals surface area contributed by atoms with Crippen LogP contribution in [0.5, 0.6) is 0 Å². The molecule has 6 heterocycles. The lowest BCUT2D eigenvalue weighted by Crippen LogP contribution is -2.64. The molecule has 0 saturated carbocycles. The Hall–Kier alpha value is -3.64. The molecule has 39 heteroatoms. The molecular formula is C61H108N6O31P2. The minimum Gasteiger partial charge on any atom is -0.394 e. The predicted molar refractivity (Wildman–Crippen MR) is 343 cm³/mol. The van der Waals surface area contributed by atoms with Gasteiger partial charge in [-0.05, 0) is 63.7 Å². The number of hydrogen-bond acceptors (Lipinski definition) is 29. The van der Waals surface area contributed by atoms with Crippen LogP contribution >= 0.6 is 15.6 Å². The van der Waals surface area contributed by atoms with Gasteiger partial charge in [0, 0.05) is 86.1 Å². The third-order valence-corrected chi connectivity index (χ3v) is 20.1. The van der Waals surface area contributed by atoms with Crippen LogP contribution < -0.4 is 16.0 Å². The normalized spacial score (nSPS) is 33.7. The van der Waals surface area contributed by atoms with E-state index >= 15 is 0 Å². The molecule has 15 N–H and O–H groups in total. The molecular weight excluding hydrogens is 1370 g/mol. The molecule has 37 nitrogen and oxygen atoms in total. The second-order valence-corrected chi connectivity index (χ2v) is 29.5. The summed E-state index contributed by atoms with van der Waals surface area (Å²) in [5, 5.41) is 110. The maximum atomic E-state index is 14.1. The number of carbonyl (C=O) groups is 6. The van der Waals surface area contributed by atoms with Gasteiger partial charge in [0.1, 0.15) is 73.1 Å². The average molecular weight is 1480 g/mol. The van der Waals surface area contributed by atoms with Crippen molar-refractivity contribution in [3.8, 4) is 0 Å². The first-order chi connectivity index (χ1) is 47.3. The third kappa shape index (κ3) is 26.1. The number of hydrogen-bond donors (Lipinski definition) is 15. The van der Waals surface area contributed by atoms with Gasteiger partial charge < -0.3 is 125 Å². The number of amides is 6. The largest absolute Gasteiger partial charge is 0.472 e. The highest BCUT2D eigenvalue weighted by molar-refractivity contribution is 7.47. The Kier molecular flexibility index (Phi) is 35.2. The number of nitrogens with zero attached hydrogens (tertiary/aromatic N) is 3. The molecule has 0 aromatic carbocycles. The molecule has 0 spiro atoms. The summed E-state index contributed by atoms with van der Waals surface area (Å²) >= 11 is 0. The summed E-state index contributed by atoms with van der Waals surface area (Å²) in [7, 11) is -10.0. The summed E-state index contributed by atoms with van der Waals surface area (Å²) in [5.41, 5.74) is 0. The number of aliphatic hydroxyl groups is 10. The van der Waals surface area contributed by atoms with Crippen molar-refractivity contribution in [2.45, 2.75) is 259 Å². The van der Waals surface area contributed by atoms with E-state index in [1.165, 1.54) is 35.5 Å². The molecule has 0 radical (unpaired) electrons. The molecule has 6 saturated heterocycles. The van der Waals surface area contributed by atoms with Crippen molar-refractivity contribution in [2.75, 3.05) is 85.7 Å². The number of aliphatic hydroxyl groups excluding tert-OH is 10. The molecule has 578 valence electrons. The minimum atomic E-state index is -5.03. The Bertz CT molecular complexity index is 2670. The van der Waals surface area contributed by atoms with Gasteiger partial charge in [-0.1, -0.05) is 33.1 Å². The van der Waals surface area contributed by atoms with Gasteiger partial charge in [-0.15, -0.1) is 0 Å². The fraction of sp³-hybridized carbons (Fsp3) is 0.902. The number of nitrogens with one attached hydrogen (secondary N) is 3. The van der Waals surface area contributed by atoms with Crippen LogP contribution in [0.15, 0.2) is 0 Å². The number of β-amino-alcohol motifs (C(OH)–C–C–N with tert-alkyl or cyclic N) is 1. The first-order valence-electron chi connectivity index (χ1n) is 34.3. The average Bonchev–Trinajstić information content (AvgIpc) is 1.34. The van der Waals surface area contributed by atoms with Crippen LogP contribution in [0.25, 0.3) is 0 Å². The number of likely N-dealkylation sites (tertiary alicyclic amines) is 3. The van der Waals surface area contributed by atoms with E-state index < -0.39 is 207 Å². The molecule has 23 atom stereocenters. The SMILES string of the molecule is CC(=O)NC1[C@H](OCCCCCC(=O)N2C[C@H](O)C[C@H]2COP(=O)(O)O[C@@H]2C[C@@H](COP(=O)(O)O[C@@H]3C[C@@H](COCC(C)C)N(C(=O)CCCCCO[C@@H]4OC(CO)[C@H](O)[C@H](O)C4NC(C)=O)C3)N(C(=O)CCCCCO[C@@H]3OC(CO)[C@H](O)[C@H](O)C3NC(C)=O)C2)OC(CO)[C@H](O)[C@@H]1O. The van der Waals surface area contributed by atoms with Gasteiger partial charge in [0.15, 0.2) is 18.9 Å². The molecule has 0 aromatic rings. The Morgan fingerprint density at radius 3 is 1.10 bits per heavy atom. The van der Waals surface area contributed by atoms with Gasteiger partial charge in [0.25, 0.3) is 0 Å². The fourth-order valence-electron chi connectivity index (χ4n) is 13.0. The zero-order chi connectivity index (χ0) is 73.6. The van der Waals surface area contributed by atoms with Crippen molar-refractivity contribution in [2.24, 2.45) is 5.92 Å². The maximum Gasteiger partial charge on any atom is 0.472 e. The van der Waals surface area contributed by atoms with Crippen molar-refractivity contribution < 1.29 is 150 Å². The van der Waals surface area contributed by atoms with Gasteiger partial charge >= 0.3 is 15.6 Å². The molecule has 100 heavy (non-hydrogen) atoms. The number of rotatable bonds is 41. The highest BCUT2D eigenvalue weighted by Crippen LogP contribution is 2.50. The maximum absolute atomic E-state index is 14.1. The number of carbonyl (C=O) groups excluding carboxylic acids is 6. The first kappa shape index (κ1) is 85.3. The zero-order valence-electron chi connectivity index (χ0n) is 57.4. The van der Waals surface area contributed by atoms with E-state index in [-0.39, 0.29) is 103 Å². The Labute approximate surface area is 580 Å². The summed E-state index contributed by atoms with van der Waals surface area (Å²) in [6.07, 6.45) is -16.2. The van der Waals surface area contributed by atoms with E-state index in [4.69, 9.17) is 51.3 Å². The van der Waals surface area contributed by atoms with Crippen LogP contribution in [0.4, 0.5) is 0 Å². The zero-order valence-corrected chi connectivity index (χ0v) is 59.1. The van der Waals surface area contributed by atoms with Gasteiger partial charge in [-0.25, -0.2) is 9.13 Å². The molecule has 0 aliphatic carbocycles. The van der Waals surface area contributed by atoms with Crippen molar-refractivity contribution in [1.29, 1.82) is 0 Å². The molecule has 0 bridgehead atoms. The van der Waals surface area contributed by atoms with Gasteiger partial charge in [-0.3, -0.25) is 46.9 Å². The molecule has 6 fully saturated rings. The summed E-state index contributed by atoms with van der Waals surface area (Å²) in [6.45, 7) is 4.45. The van der Waals surface area contributed by atoms with Crippen molar-refractivity contribution in [1.82, 2.24) is 30.7 Å². The topological polar surface area (TPSA) is 527 Å². The molecule has 0 aromatic heterocycles. The first-order valence-corrected chi connectivity index (χ1v) is 37.3. The van der Waals surface area contributed by atoms with E-state index in [0.29, 0.717) is 58.0 Å². The van der Waals surface area contributed by atoms with Crippen LogP contribution in [0.3, 0.4) is 0 Å². The quantitative estimate of drug-likeness (QED) is 0.0208. The van der Waals surface area contributed by atoms with Crippen LogP contribution in [0.2, 0.25) is 0 Å². The smallest absolute Gasteiger partial charge is 0.394 e. The van der Waals surface area contributed by atoms with Crippen molar-refractivity contribution >= 4 is 51.1 Å². The van der Waals surface area contributed by atoms with E-state index in [1.54, 1.807) is 0 Å². The second-order valence-electron chi connectivity index (χ2n) is 26.7. The van der Waals surface area contributed by atoms with Crippen LogP contribution in [-0.4, -0.2) is 325 Å². The lowest BCUT2D eigenvalue weighted by molar-refractivity contribution is -0.270. The summed E-state index contributed by atoms with van der Waals surface area (Å²) in [4.78, 5) is 103. The summed E-state index contributed by atoms with van der Waals surface area (Å²) in [6, 6.07) is -5.91. The number of ether oxygens (including phenoxy) is 7. The monoisotopic (exact) mass is 1480 g/mol. The van der Waals surface area contributed by atoms with Crippen LogP contribution in [0, 0.1) is 5.92 Å². The number of phosphoric acid groups is 2. The minimum absolute atomic E-state index is 0.00192. The fourth-order valence-corrected chi connectivity index (χ4v) is 14.9. The van der Waals surface area contributed by atoms with E-state index in [2.05, 4.69) is 16.0 Å². The molecule has 8 unspecified atom stereocenters. The third-order valence-electron chi connectivity index (χ3n) is 18.0. The Balaban J connectivity index is 1.03. The number of unbranched alkanes of at least 4 members (excludes halogenated alkanes) is 6. The molecule has 6 rings (SSSR count). The molecule has 6 aliphatic heterocycles. The van der Waals surface area contributed by atoms with E-state index in [0.717, 1.165) is 0 Å². The lowest BCUT2D eigenvalue weighted by Gasteiger charge is -2.42. The lowest BCUT2D eigenvalue weighted by atomic mass is 9.97.